The van der Waals surface area contributed by atoms with E-state index in [1.54, 1.807) is 0 Å². The van der Waals surface area contributed by atoms with E-state index in [0.29, 0.717) is 18.0 Å². The van der Waals surface area contributed by atoms with Crippen molar-refractivity contribution in [1.29, 1.82) is 0 Å². The predicted octanol–water partition coefficient (Wildman–Crippen LogP) is 0.302. The van der Waals surface area contributed by atoms with Crippen LogP contribution >= 0.6 is 0 Å². The van der Waals surface area contributed by atoms with Gasteiger partial charge in [0, 0.05) is 12.3 Å². The third kappa shape index (κ3) is 0.530. The van der Waals surface area contributed by atoms with Crippen LogP contribution in [-0.2, 0) is 9.47 Å². The summed E-state index contributed by atoms with van der Waals surface area (Å²) in [5.41, 5.74) is 0.391. The summed E-state index contributed by atoms with van der Waals surface area (Å²) < 4.78 is 11.8. The first kappa shape index (κ1) is 7.39. The zero-order valence-electron chi connectivity index (χ0n) is 7.96. The van der Waals surface area contributed by atoms with Gasteiger partial charge in [0.25, 0.3) is 0 Å². The molecule has 0 amide bonds. The Morgan fingerprint density at radius 3 is 2.75 bits per heavy atom. The molecule has 2 aliphatic heterocycles. The predicted molar refractivity (Wildman–Crippen MR) is 47.8 cm³/mol. The molecular formula is C9H15BO2. The maximum absolute atomic E-state index is 5.99. The minimum absolute atomic E-state index is 0.186. The first-order valence-electron chi connectivity index (χ1n) is 4.97. The molecule has 3 heteroatoms. The summed E-state index contributed by atoms with van der Waals surface area (Å²) in [5.74, 6) is 0.699. The van der Waals surface area contributed by atoms with Crippen LogP contribution in [0.4, 0.5) is 0 Å². The molecule has 2 nitrogen and oxygen atoms in total. The molecule has 0 radical (unpaired) electrons. The molecule has 3 rings (SSSR count). The van der Waals surface area contributed by atoms with Gasteiger partial charge >= 0.3 is 0 Å². The van der Waals surface area contributed by atoms with Crippen molar-refractivity contribution in [2.24, 2.45) is 5.92 Å². The van der Waals surface area contributed by atoms with E-state index in [-0.39, 0.29) is 11.2 Å². The Morgan fingerprint density at radius 2 is 2.25 bits per heavy atom. The van der Waals surface area contributed by atoms with Crippen molar-refractivity contribution in [1.82, 2.24) is 0 Å². The Hall–Kier alpha value is -0.0151. The monoisotopic (exact) mass is 166 g/mol. The fourth-order valence-electron chi connectivity index (χ4n) is 3.66. The van der Waals surface area contributed by atoms with Crippen LogP contribution in [0, 0.1) is 5.92 Å². The van der Waals surface area contributed by atoms with E-state index in [1.807, 2.05) is 0 Å². The Morgan fingerprint density at radius 1 is 1.50 bits per heavy atom. The van der Waals surface area contributed by atoms with Gasteiger partial charge in [-0.05, 0) is 13.3 Å². The van der Waals surface area contributed by atoms with Gasteiger partial charge in [-0.1, -0.05) is 6.92 Å². The van der Waals surface area contributed by atoms with Gasteiger partial charge in [-0.2, -0.15) is 0 Å². The van der Waals surface area contributed by atoms with Crippen LogP contribution in [0.1, 0.15) is 26.7 Å². The highest BCUT2D eigenvalue weighted by atomic mass is 16.6. The minimum atomic E-state index is 0.186. The average Bonchev–Trinajstić information content (AvgIpc) is 2.09. The molecule has 5 atom stereocenters. The maximum atomic E-state index is 5.99. The zero-order valence-corrected chi connectivity index (χ0v) is 7.96. The lowest BCUT2D eigenvalue weighted by molar-refractivity contribution is -0.329. The molecule has 1 saturated carbocycles. The standard InChI is InChI=1S/C9H15BO2/c1-3-9-4-8(2)6(9)5(11-8)7(10)12-9/h5-7H,3-4,10H2,1-2H3. The van der Waals surface area contributed by atoms with Crippen LogP contribution in [-0.4, -0.2) is 31.2 Å². The Kier molecular flexibility index (Phi) is 1.08. The lowest BCUT2D eigenvalue weighted by atomic mass is 9.52. The number of ether oxygens (including phenoxy) is 2. The fraction of sp³-hybridized carbons (Fsp3) is 1.00. The minimum Gasteiger partial charge on any atom is -0.378 e. The van der Waals surface area contributed by atoms with Crippen LogP contribution < -0.4 is 0 Å². The molecule has 1 aliphatic carbocycles. The molecule has 3 fully saturated rings. The number of hydrogen-bond acceptors (Lipinski definition) is 2. The zero-order chi connectivity index (χ0) is 8.56. The molecule has 0 aromatic heterocycles. The number of rotatable bonds is 1. The second-order valence-corrected chi connectivity index (χ2v) is 4.79. The van der Waals surface area contributed by atoms with E-state index in [0.717, 1.165) is 12.8 Å². The molecule has 3 aliphatic rings. The van der Waals surface area contributed by atoms with Crippen molar-refractivity contribution in [3.8, 4) is 0 Å². The molecule has 0 N–H and O–H groups in total. The molecule has 2 heterocycles. The van der Waals surface area contributed by atoms with Gasteiger partial charge in [0.2, 0.25) is 0 Å². The summed E-state index contributed by atoms with van der Waals surface area (Å²) in [5, 5.41) is 0. The molecule has 0 spiro atoms. The van der Waals surface area contributed by atoms with Gasteiger partial charge in [0.05, 0.1) is 23.3 Å². The lowest BCUT2D eigenvalue weighted by Gasteiger charge is -2.65. The van der Waals surface area contributed by atoms with Crippen LogP contribution in [0.3, 0.4) is 0 Å². The van der Waals surface area contributed by atoms with Crippen molar-refractivity contribution in [2.75, 3.05) is 0 Å². The highest BCUT2D eigenvalue weighted by Crippen LogP contribution is 2.67. The Balaban J connectivity index is 1.94. The summed E-state index contributed by atoms with van der Waals surface area (Å²) in [6.45, 7) is 4.45. The van der Waals surface area contributed by atoms with E-state index >= 15 is 0 Å². The Labute approximate surface area is 74.0 Å². The molecule has 0 aromatic carbocycles. The maximum Gasteiger partial charge on any atom is 0.142 e. The quantitative estimate of drug-likeness (QED) is 0.521. The van der Waals surface area contributed by atoms with Gasteiger partial charge in [-0.25, -0.2) is 0 Å². The van der Waals surface area contributed by atoms with Gasteiger partial charge < -0.3 is 9.47 Å². The van der Waals surface area contributed by atoms with Crippen molar-refractivity contribution >= 4 is 7.85 Å². The van der Waals surface area contributed by atoms with E-state index in [2.05, 4.69) is 21.7 Å². The van der Waals surface area contributed by atoms with E-state index in [4.69, 9.17) is 9.47 Å². The molecule has 5 unspecified atom stereocenters. The van der Waals surface area contributed by atoms with Crippen LogP contribution in [0.5, 0.6) is 0 Å². The topological polar surface area (TPSA) is 18.5 Å². The third-order valence-electron chi connectivity index (χ3n) is 4.09. The van der Waals surface area contributed by atoms with E-state index in [9.17, 15) is 0 Å². The average molecular weight is 166 g/mol. The highest BCUT2D eigenvalue weighted by Gasteiger charge is 2.77. The third-order valence-corrected chi connectivity index (χ3v) is 4.09. The Bertz CT molecular complexity index is 241. The molecule has 12 heavy (non-hydrogen) atoms. The second kappa shape index (κ2) is 1.75. The molecular weight excluding hydrogens is 151 g/mol. The first-order valence-corrected chi connectivity index (χ1v) is 4.97. The normalized spacial score (nSPS) is 66.7. The van der Waals surface area contributed by atoms with Gasteiger partial charge in [0.15, 0.2) is 0 Å². The molecule has 0 bridgehead atoms. The second-order valence-electron chi connectivity index (χ2n) is 4.79. The summed E-state index contributed by atoms with van der Waals surface area (Å²) in [4.78, 5) is 0. The van der Waals surface area contributed by atoms with Gasteiger partial charge in [-0.15, -0.1) is 0 Å². The van der Waals surface area contributed by atoms with E-state index in [1.165, 1.54) is 0 Å². The van der Waals surface area contributed by atoms with Crippen LogP contribution in [0.25, 0.3) is 0 Å². The smallest absolute Gasteiger partial charge is 0.142 e. The van der Waals surface area contributed by atoms with Crippen LogP contribution in [0.2, 0.25) is 0 Å². The molecule has 0 aromatic rings. The van der Waals surface area contributed by atoms with Gasteiger partial charge in [-0.3, -0.25) is 0 Å². The van der Waals surface area contributed by atoms with Crippen molar-refractivity contribution < 1.29 is 9.47 Å². The summed E-state index contributed by atoms with van der Waals surface area (Å²) >= 11 is 0. The number of hydrogen-bond donors (Lipinski definition) is 0. The molecule has 66 valence electrons. The summed E-state index contributed by atoms with van der Waals surface area (Å²) in [7, 11) is 2.14. The lowest BCUT2D eigenvalue weighted by Crippen LogP contribution is -2.74. The van der Waals surface area contributed by atoms with Gasteiger partial charge in [0.1, 0.15) is 7.85 Å². The van der Waals surface area contributed by atoms with Crippen molar-refractivity contribution in [3.63, 3.8) is 0 Å². The molecule has 2 saturated heterocycles. The highest BCUT2D eigenvalue weighted by molar-refractivity contribution is 6.12. The first-order chi connectivity index (χ1) is 5.61. The van der Waals surface area contributed by atoms with Crippen molar-refractivity contribution in [3.05, 3.63) is 0 Å². The van der Waals surface area contributed by atoms with E-state index < -0.39 is 0 Å². The van der Waals surface area contributed by atoms with Crippen molar-refractivity contribution in [2.45, 2.75) is 50.0 Å². The van der Waals surface area contributed by atoms with Crippen LogP contribution in [0.15, 0.2) is 0 Å². The fourth-order valence-corrected chi connectivity index (χ4v) is 3.66. The SMILES string of the molecule is BC1OC2(CC)CC3(C)OC1C32. The summed E-state index contributed by atoms with van der Waals surface area (Å²) in [6.07, 6.45) is 2.67. The largest absolute Gasteiger partial charge is 0.378 e. The summed E-state index contributed by atoms with van der Waals surface area (Å²) in [6, 6.07) is 0.325.